The summed E-state index contributed by atoms with van der Waals surface area (Å²) in [6.45, 7) is 4.22. The third-order valence-corrected chi connectivity index (χ3v) is 3.02. The van der Waals surface area contributed by atoms with Crippen molar-refractivity contribution in [2.45, 2.75) is 38.8 Å². The van der Waals surface area contributed by atoms with E-state index in [2.05, 4.69) is 10.3 Å². The van der Waals surface area contributed by atoms with Gasteiger partial charge in [-0.3, -0.25) is 4.79 Å². The second kappa shape index (κ2) is 6.52. The predicted octanol–water partition coefficient (Wildman–Crippen LogP) is 1.28. The fourth-order valence-electron chi connectivity index (χ4n) is 1.98. The van der Waals surface area contributed by atoms with Crippen LogP contribution in [-0.2, 0) is 11.3 Å². The molecule has 0 fully saturated rings. The Kier molecular flexibility index (Phi) is 5.30. The van der Waals surface area contributed by atoms with E-state index >= 15 is 0 Å². The highest BCUT2D eigenvalue weighted by Crippen LogP contribution is 2.15. The van der Waals surface area contributed by atoms with Gasteiger partial charge in [0, 0.05) is 32.4 Å². The van der Waals surface area contributed by atoms with Gasteiger partial charge in [-0.2, -0.15) is 0 Å². The van der Waals surface area contributed by atoms with E-state index in [1.807, 2.05) is 38.1 Å². The lowest BCUT2D eigenvalue weighted by Gasteiger charge is -2.23. The summed E-state index contributed by atoms with van der Waals surface area (Å²) in [4.78, 5) is 18.3. The molecule has 1 aromatic heterocycles. The molecule has 1 heterocycles. The monoisotopic (exact) mass is 264 g/mol. The molecule has 1 amide bonds. The van der Waals surface area contributed by atoms with Crippen molar-refractivity contribution in [3.63, 3.8) is 0 Å². The molecule has 1 rings (SSSR count). The Labute approximate surface area is 115 Å². The van der Waals surface area contributed by atoms with E-state index < -0.39 is 5.54 Å². The van der Waals surface area contributed by atoms with Crippen LogP contribution in [0, 0.1) is 0 Å². The molecule has 0 aliphatic rings. The molecule has 0 radical (unpaired) electrons. The van der Waals surface area contributed by atoms with Crippen LogP contribution in [0.2, 0.25) is 0 Å². The van der Waals surface area contributed by atoms with Crippen LogP contribution in [0.15, 0.2) is 18.3 Å². The summed E-state index contributed by atoms with van der Waals surface area (Å²) in [5.41, 5.74) is 6.16. The third kappa shape index (κ3) is 4.21. The molecule has 19 heavy (non-hydrogen) atoms. The van der Waals surface area contributed by atoms with E-state index in [-0.39, 0.29) is 5.91 Å². The Morgan fingerprint density at radius 3 is 2.79 bits per heavy atom. The van der Waals surface area contributed by atoms with Crippen LogP contribution < -0.4 is 16.0 Å². The van der Waals surface area contributed by atoms with Crippen LogP contribution in [0.4, 0.5) is 5.82 Å². The lowest BCUT2D eigenvalue weighted by atomic mass is 9.96. The predicted molar refractivity (Wildman–Crippen MR) is 77.9 cm³/mol. The molecule has 106 valence electrons. The maximum absolute atomic E-state index is 12.0. The maximum atomic E-state index is 12.0. The molecule has 3 N–H and O–H groups in total. The highest BCUT2D eigenvalue weighted by atomic mass is 16.2. The van der Waals surface area contributed by atoms with Gasteiger partial charge in [0.1, 0.15) is 5.82 Å². The molecular weight excluding hydrogens is 240 g/mol. The summed E-state index contributed by atoms with van der Waals surface area (Å²) in [7, 11) is 3.86. The number of pyridine rings is 1. The smallest absolute Gasteiger partial charge is 0.240 e. The van der Waals surface area contributed by atoms with Gasteiger partial charge in [-0.05, 0) is 19.4 Å². The van der Waals surface area contributed by atoms with Crippen molar-refractivity contribution in [3.8, 4) is 0 Å². The number of nitrogens with zero attached hydrogens (tertiary/aromatic N) is 2. The number of carbonyl (C=O) groups excluding carboxylic acids is 1. The highest BCUT2D eigenvalue weighted by molar-refractivity contribution is 5.85. The third-order valence-electron chi connectivity index (χ3n) is 3.02. The summed E-state index contributed by atoms with van der Waals surface area (Å²) in [6, 6.07) is 3.82. The van der Waals surface area contributed by atoms with E-state index in [1.54, 1.807) is 13.1 Å². The fourth-order valence-corrected chi connectivity index (χ4v) is 1.98. The molecule has 1 atom stereocenters. The van der Waals surface area contributed by atoms with Gasteiger partial charge in [0.15, 0.2) is 0 Å². The molecule has 0 saturated heterocycles. The van der Waals surface area contributed by atoms with Gasteiger partial charge in [-0.25, -0.2) is 4.98 Å². The molecule has 0 aliphatic carbocycles. The molecule has 1 unspecified atom stereocenters. The lowest BCUT2D eigenvalue weighted by Crippen LogP contribution is -2.51. The standard InChI is InChI=1S/C14H24N4O/c1-5-8-14(2,15)13(19)17-10-11-7-6-9-16-12(11)18(3)4/h6-7,9H,5,8,10,15H2,1-4H3,(H,17,19). The number of carbonyl (C=O) groups is 1. The zero-order valence-electron chi connectivity index (χ0n) is 12.2. The second-order valence-corrected chi connectivity index (χ2v) is 5.23. The van der Waals surface area contributed by atoms with Crippen molar-refractivity contribution in [2.24, 2.45) is 5.73 Å². The van der Waals surface area contributed by atoms with Gasteiger partial charge >= 0.3 is 0 Å². The number of aromatic nitrogens is 1. The van der Waals surface area contributed by atoms with Crippen LogP contribution in [0.3, 0.4) is 0 Å². The van der Waals surface area contributed by atoms with Gasteiger partial charge in [0.2, 0.25) is 5.91 Å². The van der Waals surface area contributed by atoms with Crippen molar-refractivity contribution < 1.29 is 4.79 Å². The Bertz CT molecular complexity index is 429. The summed E-state index contributed by atoms with van der Waals surface area (Å²) in [5, 5.41) is 2.89. The van der Waals surface area contributed by atoms with E-state index in [0.717, 1.165) is 17.8 Å². The van der Waals surface area contributed by atoms with Gasteiger partial charge in [-0.15, -0.1) is 0 Å². The average Bonchev–Trinajstić information content (AvgIpc) is 2.36. The molecular formula is C14H24N4O. The van der Waals surface area contributed by atoms with Crippen molar-refractivity contribution in [1.82, 2.24) is 10.3 Å². The summed E-state index contributed by atoms with van der Waals surface area (Å²) in [6.07, 6.45) is 3.30. The van der Waals surface area contributed by atoms with E-state index in [9.17, 15) is 4.79 Å². The van der Waals surface area contributed by atoms with Crippen LogP contribution in [0.5, 0.6) is 0 Å². The van der Waals surface area contributed by atoms with Crippen LogP contribution in [0.25, 0.3) is 0 Å². The minimum Gasteiger partial charge on any atom is -0.362 e. The number of rotatable bonds is 6. The maximum Gasteiger partial charge on any atom is 0.240 e. The van der Waals surface area contributed by atoms with Crippen LogP contribution in [0.1, 0.15) is 32.3 Å². The van der Waals surface area contributed by atoms with Crippen molar-refractivity contribution in [2.75, 3.05) is 19.0 Å². The van der Waals surface area contributed by atoms with Gasteiger partial charge in [0.05, 0.1) is 5.54 Å². The molecule has 0 aliphatic heterocycles. The number of anilines is 1. The Morgan fingerprint density at radius 1 is 1.53 bits per heavy atom. The van der Waals surface area contributed by atoms with E-state index in [4.69, 9.17) is 5.73 Å². The molecule has 5 heteroatoms. The van der Waals surface area contributed by atoms with Crippen molar-refractivity contribution >= 4 is 11.7 Å². The highest BCUT2D eigenvalue weighted by Gasteiger charge is 2.26. The first kappa shape index (κ1) is 15.4. The average molecular weight is 264 g/mol. The van der Waals surface area contributed by atoms with Crippen molar-refractivity contribution in [3.05, 3.63) is 23.9 Å². The Balaban J connectivity index is 2.70. The number of amides is 1. The largest absolute Gasteiger partial charge is 0.362 e. The minimum atomic E-state index is -0.810. The molecule has 1 aromatic rings. The number of nitrogens with one attached hydrogen (secondary N) is 1. The lowest BCUT2D eigenvalue weighted by molar-refractivity contribution is -0.126. The van der Waals surface area contributed by atoms with Gasteiger partial charge < -0.3 is 16.0 Å². The Morgan fingerprint density at radius 2 is 2.21 bits per heavy atom. The SMILES string of the molecule is CCCC(C)(N)C(=O)NCc1cccnc1N(C)C. The normalized spacial score (nSPS) is 13.7. The molecule has 0 bridgehead atoms. The first-order chi connectivity index (χ1) is 8.88. The molecule has 0 saturated carbocycles. The fraction of sp³-hybridized carbons (Fsp3) is 0.571. The summed E-state index contributed by atoms with van der Waals surface area (Å²) < 4.78 is 0. The molecule has 0 spiro atoms. The topological polar surface area (TPSA) is 71.2 Å². The Hall–Kier alpha value is -1.62. The molecule has 0 aromatic carbocycles. The van der Waals surface area contributed by atoms with Gasteiger partial charge in [-0.1, -0.05) is 19.4 Å². The first-order valence-corrected chi connectivity index (χ1v) is 6.57. The quantitative estimate of drug-likeness (QED) is 0.812. The first-order valence-electron chi connectivity index (χ1n) is 6.57. The van der Waals surface area contributed by atoms with Crippen LogP contribution in [-0.4, -0.2) is 30.5 Å². The number of hydrogen-bond acceptors (Lipinski definition) is 4. The number of hydrogen-bond donors (Lipinski definition) is 2. The minimum absolute atomic E-state index is 0.122. The van der Waals surface area contributed by atoms with E-state index in [0.29, 0.717) is 13.0 Å². The van der Waals surface area contributed by atoms with Crippen molar-refractivity contribution in [1.29, 1.82) is 0 Å². The zero-order valence-corrected chi connectivity index (χ0v) is 12.2. The summed E-state index contributed by atoms with van der Waals surface area (Å²) in [5.74, 6) is 0.736. The molecule has 5 nitrogen and oxygen atoms in total. The zero-order chi connectivity index (χ0) is 14.5. The van der Waals surface area contributed by atoms with E-state index in [1.165, 1.54) is 0 Å². The number of nitrogens with two attached hydrogens (primary N) is 1. The van der Waals surface area contributed by atoms with Gasteiger partial charge in [0.25, 0.3) is 0 Å². The summed E-state index contributed by atoms with van der Waals surface area (Å²) >= 11 is 0. The second-order valence-electron chi connectivity index (χ2n) is 5.23. The van der Waals surface area contributed by atoms with Crippen LogP contribution >= 0.6 is 0 Å².